The van der Waals surface area contributed by atoms with E-state index in [1.54, 1.807) is 14.2 Å². The van der Waals surface area contributed by atoms with Crippen LogP contribution >= 0.6 is 0 Å². The Kier molecular flexibility index (Phi) is 5.01. The van der Waals surface area contributed by atoms with Crippen molar-refractivity contribution in [2.75, 3.05) is 25.8 Å². The highest BCUT2D eigenvalue weighted by atomic mass is 16.5. The molecule has 0 amide bonds. The van der Waals surface area contributed by atoms with Gasteiger partial charge in [-0.1, -0.05) is 18.2 Å². The van der Waals surface area contributed by atoms with Gasteiger partial charge in [0.05, 0.1) is 25.9 Å². The molecular formula is C19H23N3O2. The summed E-state index contributed by atoms with van der Waals surface area (Å²) in [4.78, 5) is 0. The summed E-state index contributed by atoms with van der Waals surface area (Å²) in [7, 11) is 3.37. The predicted molar refractivity (Wildman–Crippen MR) is 96.9 cm³/mol. The molecule has 3 rings (SSSR count). The van der Waals surface area contributed by atoms with Crippen LogP contribution in [-0.4, -0.2) is 26.5 Å². The van der Waals surface area contributed by atoms with Gasteiger partial charge in [0.2, 0.25) is 0 Å². The van der Waals surface area contributed by atoms with E-state index in [0.29, 0.717) is 6.54 Å². The molecule has 2 N–H and O–H groups in total. The number of hydrogen-bond acceptors (Lipinski definition) is 5. The van der Waals surface area contributed by atoms with Crippen LogP contribution in [0, 0.1) is 0 Å². The number of anilines is 1. The van der Waals surface area contributed by atoms with Crippen LogP contribution in [0.2, 0.25) is 0 Å². The molecule has 1 aliphatic rings. The lowest BCUT2D eigenvalue weighted by atomic mass is 9.99. The van der Waals surface area contributed by atoms with E-state index in [1.165, 1.54) is 0 Å². The summed E-state index contributed by atoms with van der Waals surface area (Å²) in [6, 6.07) is 16.2. The smallest absolute Gasteiger partial charge is 0.124 e. The van der Waals surface area contributed by atoms with Gasteiger partial charge in [-0.05, 0) is 43.3 Å². The maximum atomic E-state index is 5.73. The third kappa shape index (κ3) is 3.21. The summed E-state index contributed by atoms with van der Waals surface area (Å²) >= 11 is 0. The maximum absolute atomic E-state index is 5.73. The molecule has 0 aromatic heterocycles. The zero-order valence-electron chi connectivity index (χ0n) is 14.1. The Morgan fingerprint density at radius 3 is 2.50 bits per heavy atom. The highest BCUT2D eigenvalue weighted by Crippen LogP contribution is 2.39. The molecule has 1 aliphatic heterocycles. The number of para-hydroxylation sites is 1. The van der Waals surface area contributed by atoms with Crippen molar-refractivity contribution < 1.29 is 9.47 Å². The molecule has 0 fully saturated rings. The van der Waals surface area contributed by atoms with Crippen LogP contribution in [0.3, 0.4) is 0 Å². The number of hydrazone groups is 1. The lowest BCUT2D eigenvalue weighted by Crippen LogP contribution is -2.19. The number of nitrogens with two attached hydrogens (primary N) is 1. The van der Waals surface area contributed by atoms with Gasteiger partial charge in [-0.3, -0.25) is 5.01 Å². The number of nitrogens with zero attached hydrogens (tertiary/aromatic N) is 2. The fraction of sp³-hybridized carbons (Fsp3) is 0.316. The Morgan fingerprint density at radius 2 is 1.83 bits per heavy atom. The second-order valence-electron chi connectivity index (χ2n) is 5.71. The first-order chi connectivity index (χ1) is 11.8. The minimum absolute atomic E-state index is 0.107. The topological polar surface area (TPSA) is 60.1 Å². The van der Waals surface area contributed by atoms with Crippen molar-refractivity contribution in [3.8, 4) is 11.5 Å². The highest BCUT2D eigenvalue weighted by molar-refractivity contribution is 5.89. The molecule has 0 spiro atoms. The van der Waals surface area contributed by atoms with E-state index < -0.39 is 0 Å². The summed E-state index contributed by atoms with van der Waals surface area (Å²) in [6.45, 7) is 0.605. The first-order valence-corrected chi connectivity index (χ1v) is 8.09. The van der Waals surface area contributed by atoms with Gasteiger partial charge in [-0.2, -0.15) is 5.10 Å². The van der Waals surface area contributed by atoms with Crippen LogP contribution in [0.1, 0.15) is 24.4 Å². The Bertz CT molecular complexity index is 713. The molecule has 0 saturated heterocycles. The molecule has 2 aromatic carbocycles. The Balaban J connectivity index is 1.97. The van der Waals surface area contributed by atoms with E-state index in [1.807, 2.05) is 42.5 Å². The molecule has 126 valence electrons. The quantitative estimate of drug-likeness (QED) is 0.885. The van der Waals surface area contributed by atoms with E-state index in [9.17, 15) is 0 Å². The van der Waals surface area contributed by atoms with Crippen molar-refractivity contribution in [1.29, 1.82) is 0 Å². The SMILES string of the molecule is COc1ccc(N2N=C(CCN)CC2c2ccccc2OC)cc1. The van der Waals surface area contributed by atoms with Crippen molar-refractivity contribution in [3.63, 3.8) is 0 Å². The molecular weight excluding hydrogens is 302 g/mol. The van der Waals surface area contributed by atoms with Crippen LogP contribution in [0.4, 0.5) is 5.69 Å². The summed E-state index contributed by atoms with van der Waals surface area (Å²) in [5, 5.41) is 6.87. The van der Waals surface area contributed by atoms with Crippen molar-refractivity contribution in [1.82, 2.24) is 0 Å². The van der Waals surface area contributed by atoms with Gasteiger partial charge in [-0.25, -0.2) is 0 Å². The average Bonchev–Trinajstić information content (AvgIpc) is 3.06. The van der Waals surface area contributed by atoms with Gasteiger partial charge in [0.25, 0.3) is 0 Å². The molecule has 0 bridgehead atoms. The van der Waals surface area contributed by atoms with Crippen LogP contribution in [0.5, 0.6) is 11.5 Å². The molecule has 0 aliphatic carbocycles. The normalized spacial score (nSPS) is 16.9. The zero-order valence-corrected chi connectivity index (χ0v) is 14.1. The van der Waals surface area contributed by atoms with E-state index in [2.05, 4.69) is 11.1 Å². The lowest BCUT2D eigenvalue weighted by Gasteiger charge is -2.25. The first kappa shape index (κ1) is 16.3. The van der Waals surface area contributed by atoms with Gasteiger partial charge in [0.1, 0.15) is 11.5 Å². The lowest BCUT2D eigenvalue weighted by molar-refractivity contribution is 0.405. The fourth-order valence-electron chi connectivity index (χ4n) is 3.05. The van der Waals surface area contributed by atoms with Crippen molar-refractivity contribution >= 4 is 11.4 Å². The number of rotatable bonds is 6. The van der Waals surface area contributed by atoms with Gasteiger partial charge in [-0.15, -0.1) is 0 Å². The Hall–Kier alpha value is -2.53. The van der Waals surface area contributed by atoms with Crippen molar-refractivity contribution in [3.05, 3.63) is 54.1 Å². The predicted octanol–water partition coefficient (Wildman–Crippen LogP) is 3.36. The standard InChI is InChI=1S/C19H23N3O2/c1-23-16-9-7-15(8-10-16)22-18(13-14(21-22)11-12-20)17-5-3-4-6-19(17)24-2/h3-10,18H,11-13,20H2,1-2H3. The maximum Gasteiger partial charge on any atom is 0.124 e. The van der Waals surface area contributed by atoms with Crippen LogP contribution in [-0.2, 0) is 0 Å². The fourth-order valence-corrected chi connectivity index (χ4v) is 3.05. The van der Waals surface area contributed by atoms with Crippen molar-refractivity contribution in [2.45, 2.75) is 18.9 Å². The minimum Gasteiger partial charge on any atom is -0.497 e. The minimum atomic E-state index is 0.107. The first-order valence-electron chi connectivity index (χ1n) is 8.09. The van der Waals surface area contributed by atoms with Gasteiger partial charge >= 0.3 is 0 Å². The number of methoxy groups -OCH3 is 2. The van der Waals surface area contributed by atoms with Crippen LogP contribution in [0.15, 0.2) is 53.6 Å². The highest BCUT2D eigenvalue weighted by Gasteiger charge is 2.30. The summed E-state index contributed by atoms with van der Waals surface area (Å²) < 4.78 is 10.8. The zero-order chi connectivity index (χ0) is 16.9. The van der Waals surface area contributed by atoms with E-state index in [-0.39, 0.29) is 6.04 Å². The number of ether oxygens (including phenoxy) is 2. The molecule has 0 radical (unpaired) electrons. The molecule has 1 atom stereocenters. The van der Waals surface area contributed by atoms with Gasteiger partial charge < -0.3 is 15.2 Å². The number of hydrogen-bond donors (Lipinski definition) is 1. The monoisotopic (exact) mass is 325 g/mol. The molecule has 5 heteroatoms. The molecule has 2 aromatic rings. The number of benzene rings is 2. The van der Waals surface area contributed by atoms with Crippen LogP contribution in [0.25, 0.3) is 0 Å². The second-order valence-corrected chi connectivity index (χ2v) is 5.71. The summed E-state index contributed by atoms with van der Waals surface area (Å²) in [5.41, 5.74) is 9.00. The largest absolute Gasteiger partial charge is 0.497 e. The average molecular weight is 325 g/mol. The summed E-state index contributed by atoms with van der Waals surface area (Å²) in [6.07, 6.45) is 1.65. The Morgan fingerprint density at radius 1 is 1.08 bits per heavy atom. The van der Waals surface area contributed by atoms with Gasteiger partial charge in [0.15, 0.2) is 0 Å². The summed E-state index contributed by atoms with van der Waals surface area (Å²) in [5.74, 6) is 1.71. The third-order valence-electron chi connectivity index (χ3n) is 4.24. The van der Waals surface area contributed by atoms with Crippen LogP contribution < -0.4 is 20.2 Å². The van der Waals surface area contributed by atoms with Crippen molar-refractivity contribution in [2.24, 2.45) is 10.8 Å². The van der Waals surface area contributed by atoms with E-state index in [0.717, 1.165) is 41.3 Å². The Labute approximate surface area is 142 Å². The van der Waals surface area contributed by atoms with E-state index in [4.69, 9.17) is 20.3 Å². The molecule has 5 nitrogen and oxygen atoms in total. The third-order valence-corrected chi connectivity index (χ3v) is 4.24. The molecule has 1 unspecified atom stereocenters. The molecule has 0 saturated carbocycles. The van der Waals surface area contributed by atoms with Gasteiger partial charge in [0, 0.05) is 17.7 Å². The molecule has 24 heavy (non-hydrogen) atoms. The second kappa shape index (κ2) is 7.36. The van der Waals surface area contributed by atoms with E-state index >= 15 is 0 Å². The molecule has 1 heterocycles.